The predicted molar refractivity (Wildman–Crippen MR) is 73.9 cm³/mol. The van der Waals surface area contributed by atoms with Crippen LogP contribution in [0.3, 0.4) is 0 Å². The summed E-state index contributed by atoms with van der Waals surface area (Å²) in [5, 5.41) is 6.63. The minimum atomic E-state index is -0.468. The number of nitrogens with zero attached hydrogens (tertiary/aromatic N) is 3. The summed E-state index contributed by atoms with van der Waals surface area (Å²) in [5.41, 5.74) is 0.963. The number of hydrogen-bond acceptors (Lipinski definition) is 4. The van der Waals surface area contributed by atoms with Crippen LogP contribution in [0, 0.1) is 5.82 Å². The summed E-state index contributed by atoms with van der Waals surface area (Å²) < 4.78 is 19.9. The third-order valence-electron chi connectivity index (χ3n) is 2.93. The maximum absolute atomic E-state index is 13.3. The number of hydrogen-bond donors (Lipinski definition) is 1. The molecule has 0 atom stereocenters. The van der Waals surface area contributed by atoms with Gasteiger partial charge in [0.25, 0.3) is 5.91 Å². The van der Waals surface area contributed by atoms with E-state index in [0.29, 0.717) is 17.0 Å². The lowest BCUT2D eigenvalue weighted by Gasteiger charge is -2.09. The van der Waals surface area contributed by atoms with E-state index in [-0.39, 0.29) is 5.69 Å². The van der Waals surface area contributed by atoms with Gasteiger partial charge in [0.2, 0.25) is 0 Å². The topological polar surface area (TPSA) is 68.5 Å². The molecule has 2 aromatic heterocycles. The molecule has 1 amide bonds. The first-order valence-corrected chi connectivity index (χ1v) is 6.12. The van der Waals surface area contributed by atoms with Crippen molar-refractivity contribution in [2.45, 2.75) is 0 Å². The summed E-state index contributed by atoms with van der Waals surface area (Å²) in [6.45, 7) is 0. The van der Waals surface area contributed by atoms with E-state index in [1.165, 1.54) is 36.0 Å². The summed E-state index contributed by atoms with van der Waals surface area (Å²) >= 11 is 0. The molecule has 0 unspecified atom stereocenters. The van der Waals surface area contributed by atoms with E-state index >= 15 is 0 Å². The SMILES string of the molecule is COc1ccc(F)cc1NC(=O)c1cnn2cccnc12. The number of methoxy groups -OCH3 is 1. The lowest BCUT2D eigenvalue weighted by atomic mass is 10.2. The molecule has 3 rings (SSSR count). The summed E-state index contributed by atoms with van der Waals surface area (Å²) in [4.78, 5) is 16.4. The second-order valence-electron chi connectivity index (χ2n) is 4.24. The monoisotopic (exact) mass is 286 g/mol. The van der Waals surface area contributed by atoms with Crippen molar-refractivity contribution in [2.24, 2.45) is 0 Å². The molecule has 0 aliphatic rings. The Morgan fingerprint density at radius 3 is 3.10 bits per heavy atom. The molecule has 0 saturated carbocycles. The molecule has 0 saturated heterocycles. The standard InChI is InChI=1S/C14H11FN4O2/c1-21-12-4-3-9(15)7-11(12)18-14(20)10-8-17-19-6-2-5-16-13(10)19/h2-8H,1H3,(H,18,20). The molecule has 0 spiro atoms. The van der Waals surface area contributed by atoms with Gasteiger partial charge in [0, 0.05) is 18.5 Å². The van der Waals surface area contributed by atoms with E-state index in [9.17, 15) is 9.18 Å². The molecule has 0 aliphatic carbocycles. The van der Waals surface area contributed by atoms with Gasteiger partial charge >= 0.3 is 0 Å². The number of fused-ring (bicyclic) bond motifs is 1. The second kappa shape index (κ2) is 5.20. The number of anilines is 1. The Morgan fingerprint density at radius 2 is 2.29 bits per heavy atom. The Kier molecular flexibility index (Phi) is 3.23. The average molecular weight is 286 g/mol. The van der Waals surface area contributed by atoms with E-state index in [2.05, 4.69) is 15.4 Å². The summed E-state index contributed by atoms with van der Waals surface area (Å²) in [7, 11) is 1.44. The molecule has 0 aliphatic heterocycles. The Morgan fingerprint density at radius 1 is 1.43 bits per heavy atom. The lowest BCUT2D eigenvalue weighted by molar-refractivity contribution is 0.102. The normalized spacial score (nSPS) is 10.6. The van der Waals surface area contributed by atoms with E-state index in [1.54, 1.807) is 18.5 Å². The van der Waals surface area contributed by atoms with E-state index in [4.69, 9.17) is 4.74 Å². The fraction of sp³-hybridized carbons (Fsp3) is 0.0714. The smallest absolute Gasteiger partial charge is 0.261 e. The van der Waals surface area contributed by atoms with Gasteiger partial charge in [-0.3, -0.25) is 4.79 Å². The van der Waals surface area contributed by atoms with Crippen molar-refractivity contribution in [1.29, 1.82) is 0 Å². The second-order valence-corrected chi connectivity index (χ2v) is 4.24. The Balaban J connectivity index is 1.95. The molecule has 6 nitrogen and oxygen atoms in total. The zero-order valence-corrected chi connectivity index (χ0v) is 11.1. The Labute approximate surface area is 119 Å². The van der Waals surface area contributed by atoms with E-state index in [1.807, 2.05) is 0 Å². The third-order valence-corrected chi connectivity index (χ3v) is 2.93. The van der Waals surface area contributed by atoms with Crippen molar-refractivity contribution in [3.05, 3.63) is 54.2 Å². The number of nitrogens with one attached hydrogen (secondary N) is 1. The van der Waals surface area contributed by atoms with Crippen LogP contribution in [0.1, 0.15) is 10.4 Å². The average Bonchev–Trinajstić information content (AvgIpc) is 2.91. The molecule has 0 bridgehead atoms. The van der Waals surface area contributed by atoms with Crippen LogP contribution in [-0.2, 0) is 0 Å². The maximum Gasteiger partial charge on any atom is 0.261 e. The largest absolute Gasteiger partial charge is 0.495 e. The fourth-order valence-electron chi connectivity index (χ4n) is 1.95. The van der Waals surface area contributed by atoms with Crippen LogP contribution in [0.4, 0.5) is 10.1 Å². The van der Waals surface area contributed by atoms with Crippen LogP contribution in [0.2, 0.25) is 0 Å². The Hall–Kier alpha value is -2.96. The summed E-state index contributed by atoms with van der Waals surface area (Å²) in [6.07, 6.45) is 4.65. The lowest BCUT2D eigenvalue weighted by Crippen LogP contribution is -2.13. The number of rotatable bonds is 3. The molecule has 0 radical (unpaired) electrons. The van der Waals surface area contributed by atoms with Gasteiger partial charge in [-0.2, -0.15) is 5.10 Å². The molecule has 7 heteroatoms. The molecular formula is C14H11FN4O2. The van der Waals surface area contributed by atoms with Gasteiger partial charge < -0.3 is 10.1 Å². The van der Waals surface area contributed by atoms with Crippen LogP contribution in [-0.4, -0.2) is 27.6 Å². The van der Waals surface area contributed by atoms with Gasteiger partial charge in [-0.1, -0.05) is 0 Å². The quantitative estimate of drug-likeness (QED) is 0.801. The zero-order valence-electron chi connectivity index (χ0n) is 11.1. The molecule has 2 heterocycles. The van der Waals surface area contributed by atoms with Gasteiger partial charge in [-0.05, 0) is 18.2 Å². The predicted octanol–water partition coefficient (Wildman–Crippen LogP) is 2.13. The van der Waals surface area contributed by atoms with Crippen molar-refractivity contribution < 1.29 is 13.9 Å². The summed E-state index contributed by atoms with van der Waals surface area (Å²) in [6, 6.07) is 5.60. The van der Waals surface area contributed by atoms with Crippen LogP contribution in [0.15, 0.2) is 42.9 Å². The van der Waals surface area contributed by atoms with Gasteiger partial charge in [0.15, 0.2) is 5.65 Å². The molecule has 106 valence electrons. The van der Waals surface area contributed by atoms with Gasteiger partial charge in [-0.15, -0.1) is 0 Å². The summed E-state index contributed by atoms with van der Waals surface area (Å²) in [5.74, 6) is -0.536. The molecule has 21 heavy (non-hydrogen) atoms. The van der Waals surface area contributed by atoms with Gasteiger partial charge in [0.1, 0.15) is 17.1 Å². The van der Waals surface area contributed by atoms with Crippen molar-refractivity contribution in [2.75, 3.05) is 12.4 Å². The van der Waals surface area contributed by atoms with Crippen LogP contribution in [0.25, 0.3) is 5.65 Å². The van der Waals surface area contributed by atoms with Crippen LogP contribution in [0.5, 0.6) is 5.75 Å². The molecule has 3 aromatic rings. The number of aromatic nitrogens is 3. The highest BCUT2D eigenvalue weighted by Crippen LogP contribution is 2.25. The van der Waals surface area contributed by atoms with Crippen molar-refractivity contribution in [3.8, 4) is 5.75 Å². The van der Waals surface area contributed by atoms with Gasteiger partial charge in [-0.25, -0.2) is 13.9 Å². The minimum absolute atomic E-state index is 0.248. The first-order chi connectivity index (χ1) is 10.2. The van der Waals surface area contributed by atoms with Crippen LogP contribution < -0.4 is 10.1 Å². The van der Waals surface area contributed by atoms with Crippen molar-refractivity contribution in [3.63, 3.8) is 0 Å². The first-order valence-electron chi connectivity index (χ1n) is 6.12. The fourth-order valence-corrected chi connectivity index (χ4v) is 1.95. The maximum atomic E-state index is 13.3. The number of halogens is 1. The van der Waals surface area contributed by atoms with Crippen molar-refractivity contribution in [1.82, 2.24) is 14.6 Å². The number of carbonyl (C=O) groups is 1. The number of carbonyl (C=O) groups excluding carboxylic acids is 1. The highest BCUT2D eigenvalue weighted by Gasteiger charge is 2.15. The molecular weight excluding hydrogens is 275 g/mol. The van der Waals surface area contributed by atoms with E-state index in [0.717, 1.165) is 0 Å². The highest BCUT2D eigenvalue weighted by molar-refractivity contribution is 6.08. The Bertz CT molecular complexity index is 816. The third kappa shape index (κ3) is 2.40. The molecule has 0 fully saturated rings. The zero-order chi connectivity index (χ0) is 14.8. The van der Waals surface area contributed by atoms with Crippen LogP contribution >= 0.6 is 0 Å². The molecule has 1 aromatic carbocycles. The number of ether oxygens (including phenoxy) is 1. The number of amides is 1. The highest BCUT2D eigenvalue weighted by atomic mass is 19.1. The molecule has 1 N–H and O–H groups in total. The van der Waals surface area contributed by atoms with Gasteiger partial charge in [0.05, 0.1) is 19.0 Å². The van der Waals surface area contributed by atoms with E-state index < -0.39 is 11.7 Å². The first kappa shape index (κ1) is 13.0. The number of benzene rings is 1. The van der Waals surface area contributed by atoms with Crippen molar-refractivity contribution >= 4 is 17.2 Å². The minimum Gasteiger partial charge on any atom is -0.495 e.